The van der Waals surface area contributed by atoms with E-state index in [1.54, 1.807) is 12.1 Å². The van der Waals surface area contributed by atoms with Crippen LogP contribution >= 0.6 is 0 Å². The molecule has 1 aliphatic heterocycles. The standard InChI is InChI=1S/C17H17NO2/c19-16-10-13-8-9-18-15(14(13)11-17(16)20)7-6-12-4-2-1-3-5-12/h1-7,10-11,15,18-20H,8-9H2/b7-6+. The second-order valence-corrected chi connectivity index (χ2v) is 4.99. The summed E-state index contributed by atoms with van der Waals surface area (Å²) in [5, 5.41) is 22.7. The van der Waals surface area contributed by atoms with Crippen molar-refractivity contribution in [2.75, 3.05) is 6.54 Å². The van der Waals surface area contributed by atoms with Gasteiger partial charge in [0.15, 0.2) is 11.5 Å². The van der Waals surface area contributed by atoms with Crippen molar-refractivity contribution < 1.29 is 10.2 Å². The average Bonchev–Trinajstić information content (AvgIpc) is 2.47. The first kappa shape index (κ1) is 12.8. The summed E-state index contributed by atoms with van der Waals surface area (Å²) >= 11 is 0. The van der Waals surface area contributed by atoms with E-state index in [-0.39, 0.29) is 17.5 Å². The van der Waals surface area contributed by atoms with Gasteiger partial charge in [-0.1, -0.05) is 42.5 Å². The molecule has 0 amide bonds. The van der Waals surface area contributed by atoms with Gasteiger partial charge in [-0.2, -0.15) is 0 Å². The summed E-state index contributed by atoms with van der Waals surface area (Å²) < 4.78 is 0. The molecule has 0 aliphatic carbocycles. The quantitative estimate of drug-likeness (QED) is 0.733. The lowest BCUT2D eigenvalue weighted by atomic mass is 9.93. The molecule has 2 aromatic carbocycles. The van der Waals surface area contributed by atoms with Crippen molar-refractivity contribution in [1.29, 1.82) is 0 Å². The van der Waals surface area contributed by atoms with Crippen LogP contribution in [0.4, 0.5) is 0 Å². The van der Waals surface area contributed by atoms with Crippen LogP contribution in [0.2, 0.25) is 0 Å². The number of phenolic OH excluding ortho intramolecular Hbond substituents is 2. The average molecular weight is 267 g/mol. The Morgan fingerprint density at radius 1 is 1.05 bits per heavy atom. The molecule has 0 bridgehead atoms. The van der Waals surface area contributed by atoms with Crippen LogP contribution in [0.1, 0.15) is 22.7 Å². The molecule has 20 heavy (non-hydrogen) atoms. The monoisotopic (exact) mass is 267 g/mol. The van der Waals surface area contributed by atoms with Gasteiger partial charge >= 0.3 is 0 Å². The normalized spacial score (nSPS) is 18.1. The molecule has 3 N–H and O–H groups in total. The van der Waals surface area contributed by atoms with Crippen molar-refractivity contribution in [3.63, 3.8) is 0 Å². The first-order chi connectivity index (χ1) is 9.74. The third kappa shape index (κ3) is 2.53. The highest BCUT2D eigenvalue weighted by atomic mass is 16.3. The lowest BCUT2D eigenvalue weighted by Gasteiger charge is -2.25. The number of hydrogen-bond donors (Lipinski definition) is 3. The summed E-state index contributed by atoms with van der Waals surface area (Å²) in [6, 6.07) is 13.5. The Labute approximate surface area is 118 Å². The number of phenols is 2. The van der Waals surface area contributed by atoms with Gasteiger partial charge in [0.2, 0.25) is 0 Å². The molecule has 1 unspecified atom stereocenters. The van der Waals surface area contributed by atoms with Crippen molar-refractivity contribution >= 4 is 6.08 Å². The zero-order valence-corrected chi connectivity index (χ0v) is 11.1. The number of nitrogens with one attached hydrogen (secondary N) is 1. The first-order valence-electron chi connectivity index (χ1n) is 6.75. The number of hydrogen-bond acceptors (Lipinski definition) is 3. The predicted molar refractivity (Wildman–Crippen MR) is 79.7 cm³/mol. The smallest absolute Gasteiger partial charge is 0.157 e. The molecule has 0 aromatic heterocycles. The number of aromatic hydroxyl groups is 2. The summed E-state index contributed by atoms with van der Waals surface area (Å²) in [5.41, 5.74) is 3.25. The summed E-state index contributed by atoms with van der Waals surface area (Å²) in [4.78, 5) is 0. The summed E-state index contributed by atoms with van der Waals surface area (Å²) in [6.45, 7) is 0.862. The van der Waals surface area contributed by atoms with Crippen LogP contribution in [0.3, 0.4) is 0 Å². The fourth-order valence-corrected chi connectivity index (χ4v) is 2.56. The molecule has 102 valence electrons. The number of rotatable bonds is 2. The third-order valence-corrected chi connectivity index (χ3v) is 3.61. The van der Waals surface area contributed by atoms with Crippen LogP contribution in [0, 0.1) is 0 Å². The lowest BCUT2D eigenvalue weighted by molar-refractivity contribution is 0.400. The number of benzene rings is 2. The van der Waals surface area contributed by atoms with E-state index < -0.39 is 0 Å². The predicted octanol–water partition coefficient (Wildman–Crippen LogP) is 3.00. The highest BCUT2D eigenvalue weighted by molar-refractivity contribution is 5.53. The van der Waals surface area contributed by atoms with Crippen molar-refractivity contribution in [2.45, 2.75) is 12.5 Å². The van der Waals surface area contributed by atoms with E-state index in [9.17, 15) is 10.2 Å². The molecule has 0 saturated carbocycles. The Morgan fingerprint density at radius 2 is 1.80 bits per heavy atom. The Hall–Kier alpha value is -2.26. The Kier molecular flexibility index (Phi) is 3.44. The van der Waals surface area contributed by atoms with Crippen molar-refractivity contribution in [1.82, 2.24) is 5.32 Å². The van der Waals surface area contributed by atoms with E-state index in [0.717, 1.165) is 29.7 Å². The highest BCUT2D eigenvalue weighted by Crippen LogP contribution is 2.34. The van der Waals surface area contributed by atoms with Crippen molar-refractivity contribution in [3.05, 3.63) is 65.2 Å². The van der Waals surface area contributed by atoms with Gasteiger partial charge in [0.25, 0.3) is 0 Å². The molecule has 2 aromatic rings. The van der Waals surface area contributed by atoms with Crippen LogP contribution < -0.4 is 5.32 Å². The summed E-state index contributed by atoms with van der Waals surface area (Å²) in [5.74, 6) is -0.109. The summed E-state index contributed by atoms with van der Waals surface area (Å²) in [6.07, 6.45) is 5.01. The largest absolute Gasteiger partial charge is 0.504 e. The molecule has 0 spiro atoms. The van der Waals surface area contributed by atoms with E-state index in [2.05, 4.69) is 29.6 Å². The second kappa shape index (κ2) is 5.39. The SMILES string of the molecule is Oc1cc2c(cc1O)C(/C=C/c1ccccc1)NCC2. The maximum atomic E-state index is 9.68. The van der Waals surface area contributed by atoms with Crippen LogP contribution in [0.25, 0.3) is 6.08 Å². The fraction of sp³-hybridized carbons (Fsp3) is 0.176. The Morgan fingerprint density at radius 3 is 2.60 bits per heavy atom. The minimum Gasteiger partial charge on any atom is -0.504 e. The fourth-order valence-electron chi connectivity index (χ4n) is 2.56. The van der Waals surface area contributed by atoms with Gasteiger partial charge in [-0.3, -0.25) is 0 Å². The van der Waals surface area contributed by atoms with Gasteiger partial charge in [0.1, 0.15) is 0 Å². The van der Waals surface area contributed by atoms with Gasteiger partial charge in [-0.05, 0) is 35.2 Å². The molecule has 3 rings (SSSR count). The minimum atomic E-state index is -0.0643. The molecule has 3 heteroatoms. The molecular formula is C17H17NO2. The Balaban J connectivity index is 1.90. The molecule has 1 aliphatic rings. The van der Waals surface area contributed by atoms with Crippen LogP contribution in [0.5, 0.6) is 11.5 Å². The van der Waals surface area contributed by atoms with Gasteiger partial charge in [-0.15, -0.1) is 0 Å². The molecule has 3 nitrogen and oxygen atoms in total. The van der Waals surface area contributed by atoms with Gasteiger partial charge in [-0.25, -0.2) is 0 Å². The zero-order valence-electron chi connectivity index (χ0n) is 11.1. The Bertz CT molecular complexity index is 635. The van der Waals surface area contributed by atoms with E-state index in [4.69, 9.17) is 0 Å². The third-order valence-electron chi connectivity index (χ3n) is 3.61. The number of fused-ring (bicyclic) bond motifs is 1. The van der Waals surface area contributed by atoms with Gasteiger partial charge in [0, 0.05) is 6.54 Å². The zero-order chi connectivity index (χ0) is 13.9. The topological polar surface area (TPSA) is 52.5 Å². The first-order valence-corrected chi connectivity index (χ1v) is 6.75. The van der Waals surface area contributed by atoms with Gasteiger partial charge in [0.05, 0.1) is 6.04 Å². The van der Waals surface area contributed by atoms with Crippen LogP contribution in [-0.2, 0) is 6.42 Å². The second-order valence-electron chi connectivity index (χ2n) is 4.99. The molecule has 1 heterocycles. The van der Waals surface area contributed by atoms with Crippen molar-refractivity contribution in [2.24, 2.45) is 0 Å². The lowest BCUT2D eigenvalue weighted by Crippen LogP contribution is -2.28. The van der Waals surface area contributed by atoms with Gasteiger partial charge < -0.3 is 15.5 Å². The molecule has 0 saturated heterocycles. The molecule has 0 radical (unpaired) electrons. The van der Waals surface area contributed by atoms with E-state index >= 15 is 0 Å². The van der Waals surface area contributed by atoms with Crippen molar-refractivity contribution in [3.8, 4) is 11.5 Å². The van der Waals surface area contributed by atoms with E-state index in [1.165, 1.54) is 0 Å². The highest BCUT2D eigenvalue weighted by Gasteiger charge is 2.19. The van der Waals surface area contributed by atoms with E-state index in [1.807, 2.05) is 18.2 Å². The minimum absolute atomic E-state index is 0.0450. The molecule has 1 atom stereocenters. The summed E-state index contributed by atoms with van der Waals surface area (Å²) in [7, 11) is 0. The molecular weight excluding hydrogens is 250 g/mol. The van der Waals surface area contributed by atoms with Crippen LogP contribution in [-0.4, -0.2) is 16.8 Å². The maximum absolute atomic E-state index is 9.68. The maximum Gasteiger partial charge on any atom is 0.157 e. The van der Waals surface area contributed by atoms with Crippen LogP contribution in [0.15, 0.2) is 48.5 Å². The van der Waals surface area contributed by atoms with E-state index in [0.29, 0.717) is 0 Å². The molecule has 0 fully saturated rings.